The molecule has 23 heavy (non-hydrogen) atoms. The van der Waals surface area contributed by atoms with E-state index >= 15 is 0 Å². The number of halogens is 1. The van der Waals surface area contributed by atoms with Crippen LogP contribution in [0.25, 0.3) is 0 Å². The van der Waals surface area contributed by atoms with Gasteiger partial charge in [0.15, 0.2) is 5.82 Å². The lowest BCUT2D eigenvalue weighted by molar-refractivity contribution is 0.446. The molecule has 5 nitrogen and oxygen atoms in total. The van der Waals surface area contributed by atoms with E-state index in [-0.39, 0.29) is 0 Å². The van der Waals surface area contributed by atoms with Gasteiger partial charge in [-0.2, -0.15) is 10.1 Å². The first-order valence-corrected chi connectivity index (χ1v) is 8.59. The fraction of sp³-hybridized carbons (Fsp3) is 0.471. The van der Waals surface area contributed by atoms with E-state index < -0.39 is 0 Å². The summed E-state index contributed by atoms with van der Waals surface area (Å²) in [6, 6.07) is 8.32. The molecule has 1 aliphatic heterocycles. The molecule has 1 N–H and O–H groups in total. The fourth-order valence-corrected chi connectivity index (χ4v) is 3.25. The molecule has 1 aromatic heterocycles. The Morgan fingerprint density at radius 3 is 3.00 bits per heavy atom. The summed E-state index contributed by atoms with van der Waals surface area (Å²) in [4.78, 5) is 7.00. The van der Waals surface area contributed by atoms with Gasteiger partial charge in [-0.15, -0.1) is 5.10 Å². The number of piperidine rings is 1. The van der Waals surface area contributed by atoms with Gasteiger partial charge in [0.05, 0.1) is 6.20 Å². The standard InChI is InChI=1S/C17H22ClN5/c1-2-14-8-5-6-10-23(14)16-12-20-22-17(21-16)19-11-13-7-3-4-9-15(13)18/h3-4,7,9,12,14H,2,5-6,8,10-11H2,1H3,(H,19,21,22). The topological polar surface area (TPSA) is 53.9 Å². The zero-order valence-electron chi connectivity index (χ0n) is 13.4. The molecule has 3 rings (SSSR count). The maximum absolute atomic E-state index is 6.18. The highest BCUT2D eigenvalue weighted by atomic mass is 35.5. The van der Waals surface area contributed by atoms with Gasteiger partial charge < -0.3 is 10.2 Å². The summed E-state index contributed by atoms with van der Waals surface area (Å²) in [6.45, 7) is 3.86. The average Bonchev–Trinajstić information content (AvgIpc) is 2.61. The van der Waals surface area contributed by atoms with Crippen molar-refractivity contribution in [2.24, 2.45) is 0 Å². The molecule has 1 unspecified atom stereocenters. The smallest absolute Gasteiger partial charge is 0.244 e. The first kappa shape index (κ1) is 16.0. The molecule has 6 heteroatoms. The van der Waals surface area contributed by atoms with Crippen molar-refractivity contribution < 1.29 is 0 Å². The Balaban J connectivity index is 1.71. The lowest BCUT2D eigenvalue weighted by Crippen LogP contribution is -2.39. The summed E-state index contributed by atoms with van der Waals surface area (Å²) in [6.07, 6.45) is 6.62. The number of rotatable bonds is 5. The van der Waals surface area contributed by atoms with Gasteiger partial charge in [-0.1, -0.05) is 36.7 Å². The molecule has 1 atom stereocenters. The van der Waals surface area contributed by atoms with E-state index in [1.54, 1.807) is 6.20 Å². The normalized spacial score (nSPS) is 18.0. The molecule has 2 aromatic rings. The number of benzene rings is 1. The zero-order valence-corrected chi connectivity index (χ0v) is 14.1. The fourth-order valence-electron chi connectivity index (χ4n) is 3.05. The molecule has 0 bridgehead atoms. The van der Waals surface area contributed by atoms with Crippen LogP contribution in [0.4, 0.5) is 11.8 Å². The Morgan fingerprint density at radius 2 is 2.17 bits per heavy atom. The quantitative estimate of drug-likeness (QED) is 0.900. The van der Waals surface area contributed by atoms with E-state index in [2.05, 4.69) is 32.3 Å². The Kier molecular flexibility index (Phi) is 5.28. The number of aromatic nitrogens is 3. The summed E-state index contributed by atoms with van der Waals surface area (Å²) in [5, 5.41) is 12.2. The van der Waals surface area contributed by atoms with Crippen LogP contribution in [0, 0.1) is 0 Å². The predicted octanol–water partition coefficient (Wildman–Crippen LogP) is 3.91. The molecule has 1 aromatic carbocycles. The van der Waals surface area contributed by atoms with Crippen LogP contribution in [0.5, 0.6) is 0 Å². The Hall–Kier alpha value is -1.88. The van der Waals surface area contributed by atoms with Gasteiger partial charge in [0, 0.05) is 24.2 Å². The van der Waals surface area contributed by atoms with Crippen molar-refractivity contribution >= 4 is 23.4 Å². The van der Waals surface area contributed by atoms with E-state index in [1.807, 2.05) is 24.3 Å². The van der Waals surface area contributed by atoms with Crippen LogP contribution >= 0.6 is 11.6 Å². The molecule has 1 fully saturated rings. The predicted molar refractivity (Wildman–Crippen MR) is 93.9 cm³/mol. The molecule has 1 aliphatic rings. The highest BCUT2D eigenvalue weighted by Crippen LogP contribution is 2.25. The van der Waals surface area contributed by atoms with Crippen LogP contribution in [0.2, 0.25) is 5.02 Å². The molecule has 0 spiro atoms. The highest BCUT2D eigenvalue weighted by Gasteiger charge is 2.22. The summed E-state index contributed by atoms with van der Waals surface area (Å²) in [5.74, 6) is 1.45. The van der Waals surface area contributed by atoms with Gasteiger partial charge in [0.25, 0.3) is 0 Å². The Morgan fingerprint density at radius 1 is 1.30 bits per heavy atom. The monoisotopic (exact) mass is 331 g/mol. The van der Waals surface area contributed by atoms with Crippen LogP contribution in [0.15, 0.2) is 30.5 Å². The lowest BCUT2D eigenvalue weighted by Gasteiger charge is -2.35. The summed E-state index contributed by atoms with van der Waals surface area (Å²) in [5.41, 5.74) is 1.02. The number of nitrogens with one attached hydrogen (secondary N) is 1. The molecule has 2 heterocycles. The minimum atomic E-state index is 0.544. The van der Waals surface area contributed by atoms with Crippen molar-refractivity contribution in [2.45, 2.75) is 45.2 Å². The molecule has 0 aliphatic carbocycles. The SMILES string of the molecule is CCC1CCCCN1c1cnnc(NCc2ccccc2Cl)n1. The van der Waals surface area contributed by atoms with Gasteiger partial charge in [-0.25, -0.2) is 0 Å². The minimum Gasteiger partial charge on any atom is -0.352 e. The molecule has 122 valence electrons. The molecule has 0 amide bonds. The second kappa shape index (κ2) is 7.59. The van der Waals surface area contributed by atoms with Crippen molar-refractivity contribution in [3.63, 3.8) is 0 Å². The van der Waals surface area contributed by atoms with Gasteiger partial charge in [0.1, 0.15) is 0 Å². The van der Waals surface area contributed by atoms with Crippen LogP contribution in [-0.2, 0) is 6.54 Å². The second-order valence-electron chi connectivity index (χ2n) is 5.83. The van der Waals surface area contributed by atoms with E-state index in [1.165, 1.54) is 19.3 Å². The second-order valence-corrected chi connectivity index (χ2v) is 6.24. The first-order valence-electron chi connectivity index (χ1n) is 8.21. The molecule has 0 radical (unpaired) electrons. The lowest BCUT2D eigenvalue weighted by atomic mass is 10.0. The van der Waals surface area contributed by atoms with E-state index in [4.69, 9.17) is 11.6 Å². The molecular formula is C17H22ClN5. The number of hydrogen-bond donors (Lipinski definition) is 1. The number of hydrogen-bond acceptors (Lipinski definition) is 5. The van der Waals surface area contributed by atoms with E-state index in [0.29, 0.717) is 18.5 Å². The summed E-state index contributed by atoms with van der Waals surface area (Å²) in [7, 11) is 0. The third-order valence-corrected chi connectivity index (χ3v) is 4.70. The van der Waals surface area contributed by atoms with Crippen molar-refractivity contribution in [2.75, 3.05) is 16.8 Å². The first-order chi connectivity index (χ1) is 11.3. The van der Waals surface area contributed by atoms with Gasteiger partial charge in [-0.05, 0) is 37.3 Å². The van der Waals surface area contributed by atoms with Crippen LogP contribution in [0.3, 0.4) is 0 Å². The van der Waals surface area contributed by atoms with Crippen molar-refractivity contribution in [1.82, 2.24) is 15.2 Å². The van der Waals surface area contributed by atoms with Gasteiger partial charge >= 0.3 is 0 Å². The summed E-state index contributed by atoms with van der Waals surface area (Å²) >= 11 is 6.18. The Bertz CT molecular complexity index is 648. The third-order valence-electron chi connectivity index (χ3n) is 4.33. The van der Waals surface area contributed by atoms with Crippen molar-refractivity contribution in [1.29, 1.82) is 0 Å². The van der Waals surface area contributed by atoms with Gasteiger partial charge in [-0.3, -0.25) is 0 Å². The maximum Gasteiger partial charge on any atom is 0.244 e. The largest absolute Gasteiger partial charge is 0.352 e. The maximum atomic E-state index is 6.18. The highest BCUT2D eigenvalue weighted by molar-refractivity contribution is 6.31. The molecule has 0 saturated carbocycles. The van der Waals surface area contributed by atoms with Crippen LogP contribution in [0.1, 0.15) is 38.2 Å². The Labute approximate surface area is 142 Å². The number of nitrogens with zero attached hydrogens (tertiary/aromatic N) is 4. The van der Waals surface area contributed by atoms with Crippen molar-refractivity contribution in [3.05, 3.63) is 41.0 Å². The zero-order chi connectivity index (χ0) is 16.1. The van der Waals surface area contributed by atoms with Crippen LogP contribution < -0.4 is 10.2 Å². The van der Waals surface area contributed by atoms with E-state index in [9.17, 15) is 0 Å². The minimum absolute atomic E-state index is 0.544. The molecule has 1 saturated heterocycles. The molecular weight excluding hydrogens is 310 g/mol. The van der Waals surface area contributed by atoms with E-state index in [0.717, 1.165) is 29.4 Å². The summed E-state index contributed by atoms with van der Waals surface area (Å²) < 4.78 is 0. The number of anilines is 2. The van der Waals surface area contributed by atoms with Crippen molar-refractivity contribution in [3.8, 4) is 0 Å². The average molecular weight is 332 g/mol. The van der Waals surface area contributed by atoms with Gasteiger partial charge in [0.2, 0.25) is 5.95 Å². The third kappa shape index (κ3) is 3.91. The van der Waals surface area contributed by atoms with Crippen LogP contribution in [-0.4, -0.2) is 27.8 Å².